The van der Waals surface area contributed by atoms with Gasteiger partial charge in [0.25, 0.3) is 5.91 Å². The van der Waals surface area contributed by atoms with E-state index in [1.807, 2.05) is 25.7 Å². The molecule has 1 fully saturated rings. The third-order valence-corrected chi connectivity index (χ3v) is 4.35. The van der Waals surface area contributed by atoms with Gasteiger partial charge in [-0.2, -0.15) is 0 Å². The maximum Gasteiger partial charge on any atom is 0.276 e. The van der Waals surface area contributed by atoms with E-state index in [2.05, 4.69) is 25.5 Å². The predicted octanol–water partition coefficient (Wildman–Crippen LogP) is 1.85. The topological polar surface area (TPSA) is 93.1 Å². The van der Waals surface area contributed by atoms with Gasteiger partial charge in [0.2, 0.25) is 11.1 Å². The molecule has 3 rings (SSSR count). The molecule has 1 aliphatic heterocycles. The normalized spacial score (nSPS) is 14.9. The van der Waals surface area contributed by atoms with Gasteiger partial charge in [0.15, 0.2) is 0 Å². The van der Waals surface area contributed by atoms with Crippen molar-refractivity contribution >= 4 is 28.3 Å². The van der Waals surface area contributed by atoms with Gasteiger partial charge in [0.05, 0.1) is 13.2 Å². The summed E-state index contributed by atoms with van der Waals surface area (Å²) in [6.45, 7) is 8.64. The highest BCUT2D eigenvalue weighted by atomic mass is 32.1. The molecule has 0 spiro atoms. The Morgan fingerprint density at radius 2 is 2.04 bits per heavy atom. The summed E-state index contributed by atoms with van der Waals surface area (Å²) >= 11 is 1.33. The molecule has 0 radical (unpaired) electrons. The van der Waals surface area contributed by atoms with Gasteiger partial charge < -0.3 is 9.64 Å². The molecule has 0 saturated carbocycles. The highest BCUT2D eigenvalue weighted by molar-refractivity contribution is 7.15. The minimum absolute atomic E-state index is 0.197. The van der Waals surface area contributed by atoms with Crippen LogP contribution in [0.25, 0.3) is 0 Å². The first-order chi connectivity index (χ1) is 11.5. The average Bonchev–Trinajstić information content (AvgIpc) is 3.00. The molecule has 8 nitrogen and oxygen atoms in total. The molecule has 0 aromatic carbocycles. The molecule has 0 unspecified atom stereocenters. The molecule has 9 heteroatoms. The quantitative estimate of drug-likeness (QED) is 0.901. The van der Waals surface area contributed by atoms with Gasteiger partial charge in [-0.15, -0.1) is 10.2 Å². The number of aromatic nitrogens is 4. The van der Waals surface area contributed by atoms with E-state index in [0.717, 1.165) is 23.8 Å². The Bertz CT molecular complexity index is 727. The minimum Gasteiger partial charge on any atom is -0.378 e. The maximum atomic E-state index is 12.5. The van der Waals surface area contributed by atoms with Gasteiger partial charge in [-0.1, -0.05) is 25.2 Å². The van der Waals surface area contributed by atoms with Gasteiger partial charge in [-0.3, -0.25) is 10.1 Å². The predicted molar refractivity (Wildman–Crippen MR) is 91.8 cm³/mol. The number of carbonyl (C=O) groups is 1. The van der Waals surface area contributed by atoms with Crippen LogP contribution in [0.5, 0.6) is 0 Å². The number of nitrogens with zero attached hydrogens (tertiary/aromatic N) is 5. The largest absolute Gasteiger partial charge is 0.378 e. The van der Waals surface area contributed by atoms with Gasteiger partial charge >= 0.3 is 0 Å². The summed E-state index contributed by atoms with van der Waals surface area (Å²) in [6, 6.07) is 1.73. The molecule has 0 atom stereocenters. The summed E-state index contributed by atoms with van der Waals surface area (Å²) in [6.07, 6.45) is 0. The zero-order chi connectivity index (χ0) is 17.1. The van der Waals surface area contributed by atoms with E-state index in [1.54, 1.807) is 6.07 Å². The van der Waals surface area contributed by atoms with Crippen molar-refractivity contribution in [2.45, 2.75) is 26.7 Å². The number of hydrogen-bond donors (Lipinski definition) is 1. The van der Waals surface area contributed by atoms with Crippen LogP contribution in [0.3, 0.4) is 0 Å². The number of nitrogens with one attached hydrogen (secondary N) is 1. The maximum absolute atomic E-state index is 12.5. The van der Waals surface area contributed by atoms with Gasteiger partial charge in [-0.05, 0) is 18.9 Å². The third-order valence-electron chi connectivity index (χ3n) is 3.60. The molecule has 2 aromatic heterocycles. The minimum atomic E-state index is -0.301. The summed E-state index contributed by atoms with van der Waals surface area (Å²) in [4.78, 5) is 23.6. The Hall–Kier alpha value is -2.13. The van der Waals surface area contributed by atoms with Crippen molar-refractivity contribution in [3.63, 3.8) is 0 Å². The number of carbonyl (C=O) groups excluding carboxylic acids is 1. The van der Waals surface area contributed by atoms with Crippen molar-refractivity contribution < 1.29 is 9.53 Å². The van der Waals surface area contributed by atoms with Gasteiger partial charge in [-0.25, -0.2) is 9.97 Å². The van der Waals surface area contributed by atoms with Crippen molar-refractivity contribution in [2.24, 2.45) is 0 Å². The fourth-order valence-electron chi connectivity index (χ4n) is 2.28. The smallest absolute Gasteiger partial charge is 0.276 e. The first-order valence-electron chi connectivity index (χ1n) is 7.86. The van der Waals surface area contributed by atoms with E-state index in [1.165, 1.54) is 11.3 Å². The molecule has 128 valence electrons. The summed E-state index contributed by atoms with van der Waals surface area (Å²) in [5, 5.41) is 11.8. The van der Waals surface area contributed by atoms with Crippen LogP contribution in [0, 0.1) is 6.92 Å². The van der Waals surface area contributed by atoms with Gasteiger partial charge in [0, 0.05) is 18.8 Å². The number of rotatable bonds is 4. The Labute approximate surface area is 144 Å². The molecule has 1 amide bonds. The molecule has 0 bridgehead atoms. The monoisotopic (exact) mass is 348 g/mol. The van der Waals surface area contributed by atoms with Crippen molar-refractivity contribution in [1.29, 1.82) is 0 Å². The van der Waals surface area contributed by atoms with Crippen LogP contribution >= 0.6 is 11.3 Å². The Morgan fingerprint density at radius 1 is 1.29 bits per heavy atom. The molecule has 0 aliphatic carbocycles. The van der Waals surface area contributed by atoms with Crippen LogP contribution in [-0.2, 0) is 4.74 Å². The Morgan fingerprint density at radius 3 is 2.67 bits per heavy atom. The van der Waals surface area contributed by atoms with Crippen LogP contribution in [0.15, 0.2) is 6.07 Å². The summed E-state index contributed by atoms with van der Waals surface area (Å²) < 4.78 is 5.37. The van der Waals surface area contributed by atoms with E-state index >= 15 is 0 Å². The van der Waals surface area contributed by atoms with Crippen molar-refractivity contribution in [3.05, 3.63) is 22.5 Å². The zero-order valence-electron chi connectivity index (χ0n) is 13.9. The Kier molecular flexibility index (Phi) is 5.00. The van der Waals surface area contributed by atoms with Crippen LogP contribution in [0.4, 0.5) is 11.1 Å². The van der Waals surface area contributed by atoms with Crippen LogP contribution in [0.1, 0.15) is 41.0 Å². The van der Waals surface area contributed by atoms with Crippen LogP contribution in [0.2, 0.25) is 0 Å². The van der Waals surface area contributed by atoms with Gasteiger partial charge in [0.1, 0.15) is 10.7 Å². The molecule has 1 N–H and O–H groups in total. The first-order valence-corrected chi connectivity index (χ1v) is 8.67. The highest BCUT2D eigenvalue weighted by Crippen LogP contribution is 2.20. The van der Waals surface area contributed by atoms with E-state index in [9.17, 15) is 4.79 Å². The fourth-order valence-corrected chi connectivity index (χ4v) is 2.86. The summed E-state index contributed by atoms with van der Waals surface area (Å²) in [7, 11) is 0. The number of morpholine rings is 1. The summed E-state index contributed by atoms with van der Waals surface area (Å²) in [5.41, 5.74) is 1.17. The lowest BCUT2D eigenvalue weighted by Gasteiger charge is -2.27. The number of amides is 1. The molecular weight excluding hydrogens is 328 g/mol. The molecule has 1 saturated heterocycles. The number of ether oxygens (including phenoxy) is 1. The van der Waals surface area contributed by atoms with Crippen molar-refractivity contribution in [3.8, 4) is 0 Å². The number of hydrogen-bond acceptors (Lipinski definition) is 8. The second-order valence-electron chi connectivity index (χ2n) is 5.81. The second-order valence-corrected chi connectivity index (χ2v) is 6.99. The number of aryl methyl sites for hydroxylation is 1. The fraction of sp³-hybridized carbons (Fsp3) is 0.533. The second kappa shape index (κ2) is 7.18. The molecule has 24 heavy (non-hydrogen) atoms. The van der Waals surface area contributed by atoms with Crippen LogP contribution in [-0.4, -0.2) is 52.4 Å². The van der Waals surface area contributed by atoms with E-state index in [0.29, 0.717) is 30.0 Å². The zero-order valence-corrected chi connectivity index (χ0v) is 14.8. The lowest BCUT2D eigenvalue weighted by molar-refractivity contribution is 0.102. The molecular formula is C15H20N6O2S. The first kappa shape index (κ1) is 16.7. The standard InChI is InChI=1S/C15H20N6O2S/c1-9(2)11-8-12(13(22)18-15-20-19-10(3)24-15)17-14(16-11)21-4-6-23-7-5-21/h8-9H,4-7H2,1-3H3,(H,18,20,22). The molecule has 3 heterocycles. The van der Waals surface area contributed by atoms with Crippen molar-refractivity contribution in [2.75, 3.05) is 36.5 Å². The van der Waals surface area contributed by atoms with Crippen LogP contribution < -0.4 is 10.2 Å². The third kappa shape index (κ3) is 3.85. The lowest BCUT2D eigenvalue weighted by Crippen LogP contribution is -2.38. The lowest BCUT2D eigenvalue weighted by atomic mass is 10.1. The summed E-state index contributed by atoms with van der Waals surface area (Å²) in [5.74, 6) is 0.469. The average molecular weight is 348 g/mol. The Balaban J connectivity index is 1.87. The molecule has 2 aromatic rings. The number of anilines is 2. The highest BCUT2D eigenvalue weighted by Gasteiger charge is 2.20. The SMILES string of the molecule is Cc1nnc(NC(=O)c2cc(C(C)C)nc(N3CCOCC3)n2)s1. The van der Waals surface area contributed by atoms with E-state index in [-0.39, 0.29) is 11.8 Å². The van der Waals surface area contributed by atoms with Crippen molar-refractivity contribution in [1.82, 2.24) is 20.2 Å². The molecule has 1 aliphatic rings. The van der Waals surface area contributed by atoms with E-state index < -0.39 is 0 Å². The van der Waals surface area contributed by atoms with E-state index in [4.69, 9.17) is 4.74 Å².